The Bertz CT molecular complexity index is 351. The molecule has 2 aromatic rings. The minimum atomic E-state index is 0.0826. The molecule has 10 heteroatoms. The predicted octanol–water partition coefficient (Wildman–Crippen LogP) is -1.96. The van der Waals surface area contributed by atoms with Crippen molar-refractivity contribution in [1.29, 1.82) is 0 Å². The Balaban J connectivity index is 0.000000180. The summed E-state index contributed by atoms with van der Waals surface area (Å²) in [6.45, 7) is 5.10. The highest BCUT2D eigenvalue weighted by Crippen LogP contribution is 1.81. The van der Waals surface area contributed by atoms with E-state index in [4.69, 9.17) is 11.5 Å². The molecule has 0 bridgehead atoms. The van der Waals surface area contributed by atoms with Crippen molar-refractivity contribution in [2.75, 3.05) is 0 Å². The van der Waals surface area contributed by atoms with Crippen LogP contribution in [0.4, 0.5) is 0 Å². The topological polar surface area (TPSA) is 139 Å². The molecule has 10 nitrogen and oxygen atoms in total. The third-order valence-corrected chi connectivity index (χ3v) is 1.71. The average Bonchev–Trinajstić information content (AvgIpc) is 2.90. The maximum Gasteiger partial charge on any atom is 0.162 e. The smallest absolute Gasteiger partial charge is 0.162 e. The Morgan fingerprint density at radius 3 is 2.22 bits per heavy atom. The minimum absolute atomic E-state index is 0.0826. The second kappa shape index (κ2) is 7.40. The van der Waals surface area contributed by atoms with E-state index in [1.165, 1.54) is 11.1 Å². The number of hydrogen-bond donors (Lipinski definition) is 2. The van der Waals surface area contributed by atoms with Crippen LogP contribution in [0.5, 0.6) is 0 Å². The van der Waals surface area contributed by atoms with Crippen molar-refractivity contribution in [1.82, 2.24) is 40.4 Å². The summed E-state index contributed by atoms with van der Waals surface area (Å²) in [6.07, 6.45) is 2.94. The van der Waals surface area contributed by atoms with Gasteiger partial charge in [0.05, 0.1) is 13.1 Å². The van der Waals surface area contributed by atoms with Crippen LogP contribution in [-0.2, 0) is 13.1 Å². The van der Waals surface area contributed by atoms with Crippen molar-refractivity contribution in [3.8, 4) is 0 Å². The van der Waals surface area contributed by atoms with Gasteiger partial charge in [-0.1, -0.05) is 0 Å². The summed E-state index contributed by atoms with van der Waals surface area (Å²) in [6, 6.07) is 0.188. The van der Waals surface area contributed by atoms with Gasteiger partial charge in [-0.3, -0.25) is 0 Å². The molecular formula is C8H18N10. The van der Waals surface area contributed by atoms with Crippen molar-refractivity contribution >= 4 is 0 Å². The Labute approximate surface area is 104 Å². The van der Waals surface area contributed by atoms with E-state index in [0.29, 0.717) is 13.1 Å². The van der Waals surface area contributed by atoms with Crippen LogP contribution in [0, 0.1) is 0 Å². The third-order valence-electron chi connectivity index (χ3n) is 1.71. The largest absolute Gasteiger partial charge is 0.326 e. The molecule has 0 unspecified atom stereocenters. The first kappa shape index (κ1) is 14.1. The van der Waals surface area contributed by atoms with E-state index in [2.05, 4.69) is 30.9 Å². The number of nitrogens with zero attached hydrogens (tertiary/aromatic N) is 8. The highest BCUT2D eigenvalue weighted by atomic mass is 15.6. The molecule has 0 aromatic carbocycles. The fourth-order valence-corrected chi connectivity index (χ4v) is 1.09. The highest BCUT2D eigenvalue weighted by Gasteiger charge is 1.96. The van der Waals surface area contributed by atoms with Gasteiger partial charge in [0.1, 0.15) is 6.33 Å². The molecule has 2 rings (SSSR count). The second-order valence-electron chi connectivity index (χ2n) is 3.98. The SMILES string of the molecule is C[C@@H](N)Cn1cnnn1.C[C@@H](N)Cn1ncnn1. The zero-order valence-electron chi connectivity index (χ0n) is 10.5. The lowest BCUT2D eigenvalue weighted by Crippen LogP contribution is -2.23. The van der Waals surface area contributed by atoms with Crippen LogP contribution >= 0.6 is 0 Å². The molecule has 18 heavy (non-hydrogen) atoms. The Kier molecular flexibility index (Phi) is 5.80. The maximum absolute atomic E-state index is 5.47. The standard InChI is InChI=1S/2C4H9N5/c1-4(5)2-9-3-6-7-8-9;1-4(5)2-9-7-3-6-8-9/h2*3-4H,2,5H2,1H3/t2*4-/m11/s1. The first-order valence-corrected chi connectivity index (χ1v) is 5.50. The van der Waals surface area contributed by atoms with Crippen LogP contribution in [0.1, 0.15) is 13.8 Å². The van der Waals surface area contributed by atoms with Gasteiger partial charge in [0, 0.05) is 12.1 Å². The molecule has 0 aliphatic carbocycles. The monoisotopic (exact) mass is 254 g/mol. The fourth-order valence-electron chi connectivity index (χ4n) is 1.09. The molecule has 0 fully saturated rings. The molecule has 0 amide bonds. The summed E-state index contributed by atoms with van der Waals surface area (Å²) in [5.74, 6) is 0. The van der Waals surface area contributed by atoms with E-state index in [0.717, 1.165) is 0 Å². The molecule has 0 aliphatic rings. The van der Waals surface area contributed by atoms with Gasteiger partial charge >= 0.3 is 0 Å². The predicted molar refractivity (Wildman–Crippen MR) is 62.9 cm³/mol. The van der Waals surface area contributed by atoms with E-state index < -0.39 is 0 Å². The van der Waals surface area contributed by atoms with Crippen molar-refractivity contribution in [3.05, 3.63) is 12.7 Å². The van der Waals surface area contributed by atoms with E-state index in [1.54, 1.807) is 11.0 Å². The van der Waals surface area contributed by atoms with Crippen molar-refractivity contribution in [2.45, 2.75) is 39.0 Å². The first-order valence-electron chi connectivity index (χ1n) is 5.50. The Morgan fingerprint density at radius 2 is 1.78 bits per heavy atom. The molecule has 100 valence electrons. The van der Waals surface area contributed by atoms with Crippen LogP contribution in [-0.4, -0.2) is 52.5 Å². The average molecular weight is 254 g/mol. The normalized spacial score (nSPS) is 13.6. The van der Waals surface area contributed by atoms with Crippen molar-refractivity contribution in [3.63, 3.8) is 0 Å². The van der Waals surface area contributed by atoms with Gasteiger partial charge in [-0.25, -0.2) is 4.68 Å². The highest BCUT2D eigenvalue weighted by molar-refractivity contribution is 4.54. The molecule has 0 saturated heterocycles. The molecule has 0 aliphatic heterocycles. The molecule has 2 atom stereocenters. The van der Waals surface area contributed by atoms with Crippen molar-refractivity contribution < 1.29 is 0 Å². The number of hydrogen-bond acceptors (Lipinski definition) is 8. The summed E-state index contributed by atoms with van der Waals surface area (Å²) in [5.41, 5.74) is 10.9. The number of rotatable bonds is 4. The number of nitrogens with two attached hydrogens (primary N) is 2. The summed E-state index contributed by atoms with van der Waals surface area (Å²) in [7, 11) is 0. The third kappa shape index (κ3) is 5.96. The summed E-state index contributed by atoms with van der Waals surface area (Å²) < 4.78 is 1.60. The van der Waals surface area contributed by atoms with Crippen LogP contribution < -0.4 is 11.5 Å². The zero-order chi connectivity index (χ0) is 13.4. The maximum atomic E-state index is 5.47. The van der Waals surface area contributed by atoms with Gasteiger partial charge in [0.2, 0.25) is 0 Å². The Morgan fingerprint density at radius 1 is 1.06 bits per heavy atom. The van der Waals surface area contributed by atoms with E-state index in [9.17, 15) is 0 Å². The lowest BCUT2D eigenvalue weighted by molar-refractivity contribution is 0.472. The second-order valence-corrected chi connectivity index (χ2v) is 3.98. The molecular weight excluding hydrogens is 236 g/mol. The van der Waals surface area contributed by atoms with Crippen LogP contribution in [0.2, 0.25) is 0 Å². The van der Waals surface area contributed by atoms with Crippen LogP contribution in [0.3, 0.4) is 0 Å². The van der Waals surface area contributed by atoms with E-state index in [1.807, 2.05) is 13.8 Å². The van der Waals surface area contributed by atoms with E-state index in [-0.39, 0.29) is 12.1 Å². The zero-order valence-corrected chi connectivity index (χ0v) is 10.5. The van der Waals surface area contributed by atoms with Gasteiger partial charge in [0.25, 0.3) is 0 Å². The summed E-state index contributed by atoms with van der Waals surface area (Å²) in [4.78, 5) is 1.46. The summed E-state index contributed by atoms with van der Waals surface area (Å²) >= 11 is 0. The number of tetrazole rings is 2. The van der Waals surface area contributed by atoms with Crippen LogP contribution in [0.15, 0.2) is 12.7 Å². The molecule has 2 aromatic heterocycles. The van der Waals surface area contributed by atoms with Gasteiger partial charge in [0.15, 0.2) is 6.33 Å². The van der Waals surface area contributed by atoms with Crippen LogP contribution in [0.25, 0.3) is 0 Å². The van der Waals surface area contributed by atoms with Gasteiger partial charge < -0.3 is 11.5 Å². The fraction of sp³-hybridized carbons (Fsp3) is 0.750. The molecule has 0 spiro atoms. The molecule has 0 saturated carbocycles. The van der Waals surface area contributed by atoms with Gasteiger partial charge in [-0.2, -0.15) is 4.80 Å². The van der Waals surface area contributed by atoms with E-state index >= 15 is 0 Å². The quantitative estimate of drug-likeness (QED) is 0.641. The summed E-state index contributed by atoms with van der Waals surface area (Å²) in [5, 5.41) is 21.5. The molecule has 2 heterocycles. The number of aromatic nitrogens is 8. The molecule has 4 N–H and O–H groups in total. The molecule has 0 radical (unpaired) electrons. The minimum Gasteiger partial charge on any atom is -0.326 e. The lowest BCUT2D eigenvalue weighted by atomic mass is 10.4. The Hall–Kier alpha value is -1.94. The lowest BCUT2D eigenvalue weighted by Gasteiger charge is -2.00. The van der Waals surface area contributed by atoms with Crippen molar-refractivity contribution in [2.24, 2.45) is 11.5 Å². The van der Waals surface area contributed by atoms with Gasteiger partial charge in [-0.15, -0.1) is 15.3 Å². The first-order chi connectivity index (χ1) is 8.58. The van der Waals surface area contributed by atoms with Gasteiger partial charge in [-0.05, 0) is 29.5 Å².